The number of aromatic nitrogens is 1. The van der Waals surface area contributed by atoms with Gasteiger partial charge >= 0.3 is 0 Å². The maximum atomic E-state index is 8.97. The van der Waals surface area contributed by atoms with Crippen LogP contribution in [-0.4, -0.2) is 23.2 Å². The summed E-state index contributed by atoms with van der Waals surface area (Å²) >= 11 is 1.70. The van der Waals surface area contributed by atoms with E-state index in [-0.39, 0.29) is 6.61 Å². The van der Waals surface area contributed by atoms with E-state index in [1.807, 2.05) is 18.3 Å². The number of nitrogens with one attached hydrogen (secondary N) is 2. The molecule has 0 radical (unpaired) electrons. The number of anilines is 2. The van der Waals surface area contributed by atoms with Gasteiger partial charge in [0.25, 0.3) is 0 Å². The zero-order valence-electron chi connectivity index (χ0n) is 15.8. The van der Waals surface area contributed by atoms with Gasteiger partial charge in [0.1, 0.15) is 5.52 Å². The van der Waals surface area contributed by atoms with Crippen LogP contribution in [0.2, 0.25) is 0 Å². The largest absolute Gasteiger partial charge is 0.395 e. The SMILES string of the molecule is Cc1c(Nc2csc3c(CNCCO)ccnc23)cccc1-c1ccccc1. The quantitative estimate of drug-likeness (QED) is 0.385. The van der Waals surface area contributed by atoms with Crippen molar-refractivity contribution < 1.29 is 5.11 Å². The fourth-order valence-electron chi connectivity index (χ4n) is 3.36. The first-order valence-corrected chi connectivity index (χ1v) is 10.2. The summed E-state index contributed by atoms with van der Waals surface area (Å²) in [7, 11) is 0. The zero-order valence-corrected chi connectivity index (χ0v) is 16.6. The van der Waals surface area contributed by atoms with Crippen LogP contribution in [0.4, 0.5) is 11.4 Å². The van der Waals surface area contributed by atoms with E-state index in [9.17, 15) is 0 Å². The molecule has 0 amide bonds. The van der Waals surface area contributed by atoms with Crippen molar-refractivity contribution in [1.29, 1.82) is 0 Å². The van der Waals surface area contributed by atoms with E-state index < -0.39 is 0 Å². The molecule has 0 aliphatic carbocycles. The summed E-state index contributed by atoms with van der Waals surface area (Å²) in [5.74, 6) is 0. The Bertz CT molecular complexity index is 1080. The Morgan fingerprint density at radius 3 is 2.68 bits per heavy atom. The van der Waals surface area contributed by atoms with Gasteiger partial charge in [0, 0.05) is 30.4 Å². The second-order valence-electron chi connectivity index (χ2n) is 6.67. The highest BCUT2D eigenvalue weighted by atomic mass is 32.1. The highest BCUT2D eigenvalue weighted by Crippen LogP contribution is 2.35. The summed E-state index contributed by atoms with van der Waals surface area (Å²) in [5, 5.41) is 17.9. The molecular weight excluding hydrogens is 366 g/mol. The molecule has 2 aromatic heterocycles. The van der Waals surface area contributed by atoms with Crippen LogP contribution in [0, 0.1) is 6.92 Å². The van der Waals surface area contributed by atoms with Crippen molar-refractivity contribution in [2.45, 2.75) is 13.5 Å². The van der Waals surface area contributed by atoms with Crippen molar-refractivity contribution in [3.05, 3.63) is 77.3 Å². The molecule has 0 fully saturated rings. The molecule has 2 heterocycles. The first kappa shape index (κ1) is 18.6. The van der Waals surface area contributed by atoms with Gasteiger partial charge in [0.15, 0.2) is 0 Å². The zero-order chi connectivity index (χ0) is 19.3. The minimum absolute atomic E-state index is 0.141. The lowest BCUT2D eigenvalue weighted by Gasteiger charge is -2.13. The predicted octanol–water partition coefficient (Wildman–Crippen LogP) is 5.10. The third kappa shape index (κ3) is 3.78. The standard InChI is InChI=1S/C23H23N3OS/c1-16-19(17-6-3-2-4-7-17)8-5-9-20(16)26-21-15-28-23-18(14-24-12-13-27)10-11-25-22(21)23/h2-11,15,24,26-27H,12-14H2,1H3. The van der Waals surface area contributed by atoms with Crippen molar-refractivity contribution in [2.24, 2.45) is 0 Å². The second-order valence-corrected chi connectivity index (χ2v) is 7.55. The van der Waals surface area contributed by atoms with E-state index in [1.165, 1.54) is 27.0 Å². The van der Waals surface area contributed by atoms with E-state index in [0.717, 1.165) is 23.4 Å². The Morgan fingerprint density at radius 1 is 1.00 bits per heavy atom. The van der Waals surface area contributed by atoms with Crippen LogP contribution in [-0.2, 0) is 6.54 Å². The Kier molecular flexibility index (Phi) is 5.67. The third-order valence-corrected chi connectivity index (χ3v) is 5.87. The molecule has 4 nitrogen and oxygen atoms in total. The molecule has 0 aliphatic rings. The Hall–Kier alpha value is -2.73. The summed E-state index contributed by atoms with van der Waals surface area (Å²) in [4.78, 5) is 4.61. The van der Waals surface area contributed by atoms with Gasteiger partial charge in [-0.1, -0.05) is 42.5 Å². The number of aliphatic hydroxyl groups is 1. The summed E-state index contributed by atoms with van der Waals surface area (Å²) in [6.45, 7) is 3.60. The lowest BCUT2D eigenvalue weighted by atomic mass is 9.99. The van der Waals surface area contributed by atoms with Gasteiger partial charge in [0.05, 0.1) is 17.0 Å². The predicted molar refractivity (Wildman–Crippen MR) is 118 cm³/mol. The minimum atomic E-state index is 0.141. The number of fused-ring (bicyclic) bond motifs is 1. The normalized spacial score (nSPS) is 11.1. The van der Waals surface area contributed by atoms with Crippen molar-refractivity contribution in [2.75, 3.05) is 18.5 Å². The summed E-state index contributed by atoms with van der Waals surface area (Å²) in [5.41, 5.74) is 7.96. The van der Waals surface area contributed by atoms with Crippen LogP contribution in [0.15, 0.2) is 66.2 Å². The van der Waals surface area contributed by atoms with Crippen molar-refractivity contribution in [3.8, 4) is 11.1 Å². The molecule has 28 heavy (non-hydrogen) atoms. The molecule has 0 unspecified atom stereocenters. The van der Waals surface area contributed by atoms with Crippen LogP contribution in [0.3, 0.4) is 0 Å². The number of benzene rings is 2. The minimum Gasteiger partial charge on any atom is -0.395 e. The number of thiophene rings is 1. The van der Waals surface area contributed by atoms with Gasteiger partial charge in [-0.2, -0.15) is 0 Å². The van der Waals surface area contributed by atoms with Crippen LogP contribution in [0.5, 0.6) is 0 Å². The van der Waals surface area contributed by atoms with Gasteiger partial charge in [-0.05, 0) is 41.3 Å². The van der Waals surface area contributed by atoms with E-state index in [4.69, 9.17) is 5.11 Å². The van der Waals surface area contributed by atoms with E-state index >= 15 is 0 Å². The first-order chi connectivity index (χ1) is 13.8. The van der Waals surface area contributed by atoms with E-state index in [1.54, 1.807) is 11.3 Å². The molecule has 0 spiro atoms. The van der Waals surface area contributed by atoms with Crippen molar-refractivity contribution >= 4 is 32.9 Å². The Morgan fingerprint density at radius 2 is 1.86 bits per heavy atom. The number of hydrogen-bond acceptors (Lipinski definition) is 5. The molecule has 0 aliphatic heterocycles. The number of rotatable bonds is 7. The summed E-state index contributed by atoms with van der Waals surface area (Å²) in [6.07, 6.45) is 1.85. The number of aliphatic hydroxyl groups excluding tert-OH is 1. The molecule has 2 aromatic carbocycles. The van der Waals surface area contributed by atoms with Crippen LogP contribution < -0.4 is 10.6 Å². The lowest BCUT2D eigenvalue weighted by Crippen LogP contribution is -2.17. The molecule has 0 saturated carbocycles. The van der Waals surface area contributed by atoms with Crippen molar-refractivity contribution in [3.63, 3.8) is 0 Å². The van der Waals surface area contributed by atoms with Gasteiger partial charge in [-0.25, -0.2) is 0 Å². The monoisotopic (exact) mass is 389 g/mol. The molecular formula is C23H23N3OS. The van der Waals surface area contributed by atoms with Gasteiger partial charge in [-0.3, -0.25) is 4.98 Å². The maximum absolute atomic E-state index is 8.97. The van der Waals surface area contributed by atoms with Gasteiger partial charge in [0.2, 0.25) is 0 Å². The second kappa shape index (κ2) is 8.52. The van der Waals surface area contributed by atoms with Gasteiger partial charge in [-0.15, -0.1) is 11.3 Å². The van der Waals surface area contributed by atoms with Crippen LogP contribution >= 0.6 is 11.3 Å². The molecule has 5 heteroatoms. The van der Waals surface area contributed by atoms with Crippen LogP contribution in [0.25, 0.3) is 21.3 Å². The fourth-order valence-corrected chi connectivity index (χ4v) is 4.33. The highest BCUT2D eigenvalue weighted by molar-refractivity contribution is 7.18. The molecule has 3 N–H and O–H groups in total. The lowest BCUT2D eigenvalue weighted by molar-refractivity contribution is 0.292. The number of nitrogens with zero attached hydrogens (tertiary/aromatic N) is 1. The molecule has 4 aromatic rings. The average Bonchev–Trinajstić information content (AvgIpc) is 3.14. The van der Waals surface area contributed by atoms with E-state index in [0.29, 0.717) is 6.54 Å². The summed E-state index contributed by atoms with van der Waals surface area (Å²) in [6, 6.07) is 18.8. The first-order valence-electron chi connectivity index (χ1n) is 9.36. The third-order valence-electron chi connectivity index (χ3n) is 4.83. The Labute approximate surface area is 168 Å². The maximum Gasteiger partial charge on any atom is 0.105 e. The van der Waals surface area contributed by atoms with Crippen LogP contribution in [0.1, 0.15) is 11.1 Å². The van der Waals surface area contributed by atoms with Crippen molar-refractivity contribution in [1.82, 2.24) is 10.3 Å². The molecule has 4 rings (SSSR count). The Balaban J connectivity index is 1.65. The fraction of sp³-hybridized carbons (Fsp3) is 0.174. The molecule has 0 saturated heterocycles. The number of pyridine rings is 1. The number of hydrogen-bond donors (Lipinski definition) is 3. The van der Waals surface area contributed by atoms with E-state index in [2.05, 4.69) is 70.4 Å². The molecule has 0 atom stereocenters. The summed E-state index contributed by atoms with van der Waals surface area (Å²) < 4.78 is 1.17. The topological polar surface area (TPSA) is 57.2 Å². The average molecular weight is 390 g/mol. The van der Waals surface area contributed by atoms with Gasteiger partial charge < -0.3 is 15.7 Å². The highest BCUT2D eigenvalue weighted by Gasteiger charge is 2.12. The smallest absolute Gasteiger partial charge is 0.105 e. The molecule has 142 valence electrons. The molecule has 0 bridgehead atoms.